The maximum atomic E-state index is 14.1. The van der Waals surface area contributed by atoms with Gasteiger partial charge in [0.25, 0.3) is 11.8 Å². The van der Waals surface area contributed by atoms with Crippen LogP contribution in [0.25, 0.3) is 21.9 Å². The number of rotatable bonds is 4. The first-order valence-corrected chi connectivity index (χ1v) is 12.7. The van der Waals surface area contributed by atoms with E-state index in [0.29, 0.717) is 36.2 Å². The van der Waals surface area contributed by atoms with E-state index in [1.54, 1.807) is 21.9 Å². The van der Waals surface area contributed by atoms with Crippen molar-refractivity contribution in [2.24, 2.45) is 5.41 Å². The van der Waals surface area contributed by atoms with Crippen LogP contribution >= 0.6 is 0 Å². The van der Waals surface area contributed by atoms with Gasteiger partial charge in [0.15, 0.2) is 5.82 Å². The third kappa shape index (κ3) is 4.00. The Morgan fingerprint density at radius 3 is 2.39 bits per heavy atom. The number of fused-ring (bicyclic) bond motifs is 4. The largest absolute Gasteiger partial charge is 0.350 e. The van der Waals surface area contributed by atoms with Crippen molar-refractivity contribution in [1.29, 1.82) is 0 Å². The van der Waals surface area contributed by atoms with E-state index in [-0.39, 0.29) is 29.6 Å². The van der Waals surface area contributed by atoms with Crippen LogP contribution < -0.4 is 5.32 Å². The lowest BCUT2D eigenvalue weighted by atomic mass is 9.85. The number of carbonyl (C=O) groups excluding carboxylic acids is 3. The van der Waals surface area contributed by atoms with Crippen molar-refractivity contribution < 1.29 is 18.8 Å². The number of nitrogens with zero attached hydrogens (tertiary/aromatic N) is 3. The van der Waals surface area contributed by atoms with Crippen LogP contribution in [-0.2, 0) is 4.79 Å². The van der Waals surface area contributed by atoms with Crippen molar-refractivity contribution in [3.05, 3.63) is 65.9 Å². The molecule has 2 aliphatic heterocycles. The fourth-order valence-corrected chi connectivity index (χ4v) is 5.64. The van der Waals surface area contributed by atoms with Gasteiger partial charge in [0.1, 0.15) is 17.6 Å². The standard InChI is InChI=1S/C28H29FN6O3/c1-28(2,3)23(33-25(36)22-12-17-18(29)7-6-10-19(17)30-22)26(37)34-13-16-11-15(34)14-35(16)27(38)24-31-20-8-4-5-9-21(20)32-24/h4-10,12,15-16,23,30H,11,13-14H2,1-3H3,(H,31,32)(H,33,36)/t15-,16-,23+/m0/s1. The molecule has 38 heavy (non-hydrogen) atoms. The summed E-state index contributed by atoms with van der Waals surface area (Å²) in [6.45, 7) is 6.50. The molecule has 3 N–H and O–H groups in total. The van der Waals surface area contributed by atoms with Crippen LogP contribution in [0.1, 0.15) is 48.3 Å². The number of hydrogen-bond acceptors (Lipinski definition) is 4. The van der Waals surface area contributed by atoms with Gasteiger partial charge in [-0.3, -0.25) is 14.4 Å². The van der Waals surface area contributed by atoms with E-state index < -0.39 is 23.2 Å². The van der Waals surface area contributed by atoms with Crippen molar-refractivity contribution in [2.45, 2.75) is 45.3 Å². The van der Waals surface area contributed by atoms with E-state index in [1.165, 1.54) is 12.1 Å². The van der Waals surface area contributed by atoms with Crippen LogP contribution in [0, 0.1) is 11.2 Å². The maximum absolute atomic E-state index is 14.1. The summed E-state index contributed by atoms with van der Waals surface area (Å²) in [4.78, 5) is 54.2. The number of carbonyl (C=O) groups is 3. The quantitative estimate of drug-likeness (QED) is 0.386. The number of para-hydroxylation sites is 2. The van der Waals surface area contributed by atoms with Gasteiger partial charge in [-0.05, 0) is 42.2 Å². The van der Waals surface area contributed by atoms with Crippen molar-refractivity contribution >= 4 is 39.7 Å². The monoisotopic (exact) mass is 516 g/mol. The Balaban J connectivity index is 1.17. The minimum Gasteiger partial charge on any atom is -0.350 e. The van der Waals surface area contributed by atoms with E-state index in [9.17, 15) is 18.8 Å². The Labute approximate surface area is 218 Å². The molecule has 3 amide bonds. The molecule has 3 atom stereocenters. The van der Waals surface area contributed by atoms with Crippen LogP contribution in [0.5, 0.6) is 0 Å². The first-order chi connectivity index (χ1) is 18.1. The molecule has 0 saturated carbocycles. The fourth-order valence-electron chi connectivity index (χ4n) is 5.64. The average molecular weight is 517 g/mol. The van der Waals surface area contributed by atoms with Crippen LogP contribution in [0.15, 0.2) is 48.5 Å². The zero-order valence-electron chi connectivity index (χ0n) is 21.4. The number of hydrogen-bond donors (Lipinski definition) is 3. The molecule has 4 aromatic rings. The summed E-state index contributed by atoms with van der Waals surface area (Å²) in [5, 5.41) is 3.21. The van der Waals surface area contributed by atoms with Gasteiger partial charge >= 0.3 is 0 Å². The van der Waals surface area contributed by atoms with Gasteiger partial charge in [-0.2, -0.15) is 0 Å². The minimum atomic E-state index is -0.801. The van der Waals surface area contributed by atoms with E-state index >= 15 is 0 Å². The van der Waals surface area contributed by atoms with Crippen molar-refractivity contribution in [3.63, 3.8) is 0 Å². The zero-order valence-corrected chi connectivity index (χ0v) is 21.4. The fraction of sp³-hybridized carbons (Fsp3) is 0.357. The Bertz CT molecular complexity index is 1550. The number of aromatic nitrogens is 3. The molecule has 2 aromatic heterocycles. The highest BCUT2D eigenvalue weighted by Gasteiger charge is 2.50. The first kappa shape index (κ1) is 24.1. The third-order valence-electron chi connectivity index (χ3n) is 7.62. The first-order valence-electron chi connectivity index (χ1n) is 12.7. The van der Waals surface area contributed by atoms with Gasteiger partial charge in [0.05, 0.1) is 23.1 Å². The van der Waals surface area contributed by atoms with Crippen LogP contribution in [0.3, 0.4) is 0 Å². The van der Waals surface area contributed by atoms with E-state index in [2.05, 4.69) is 20.3 Å². The molecule has 0 unspecified atom stereocenters. The highest BCUT2D eigenvalue weighted by atomic mass is 19.1. The molecular weight excluding hydrogens is 487 g/mol. The zero-order chi connectivity index (χ0) is 26.8. The topological polar surface area (TPSA) is 114 Å². The van der Waals surface area contributed by atoms with Gasteiger partial charge in [-0.15, -0.1) is 0 Å². The van der Waals surface area contributed by atoms with Gasteiger partial charge in [-0.25, -0.2) is 9.37 Å². The lowest BCUT2D eigenvalue weighted by Gasteiger charge is -2.39. The summed E-state index contributed by atoms with van der Waals surface area (Å²) < 4.78 is 14.1. The molecule has 2 aliphatic rings. The number of likely N-dealkylation sites (tertiary alicyclic amines) is 2. The van der Waals surface area contributed by atoms with Gasteiger partial charge < -0.3 is 25.1 Å². The summed E-state index contributed by atoms with van der Waals surface area (Å²) in [7, 11) is 0. The molecule has 2 bridgehead atoms. The minimum absolute atomic E-state index is 0.113. The molecule has 0 spiro atoms. The number of halogens is 1. The number of benzene rings is 2. The van der Waals surface area contributed by atoms with E-state index in [4.69, 9.17) is 0 Å². The van der Waals surface area contributed by atoms with Gasteiger partial charge in [0, 0.05) is 24.0 Å². The highest BCUT2D eigenvalue weighted by molar-refractivity contribution is 6.01. The Kier molecular flexibility index (Phi) is 5.51. The molecular formula is C28H29FN6O3. The molecule has 4 heterocycles. The number of aromatic amines is 2. The van der Waals surface area contributed by atoms with Crippen molar-refractivity contribution in [1.82, 2.24) is 30.1 Å². The summed E-state index contributed by atoms with van der Waals surface area (Å²) in [6, 6.07) is 12.5. The van der Waals surface area contributed by atoms with Crippen molar-refractivity contribution in [3.8, 4) is 0 Å². The highest BCUT2D eigenvalue weighted by Crippen LogP contribution is 2.34. The number of nitrogens with one attached hydrogen (secondary N) is 3. The van der Waals surface area contributed by atoms with Gasteiger partial charge in [-0.1, -0.05) is 39.0 Å². The predicted molar refractivity (Wildman–Crippen MR) is 140 cm³/mol. The Morgan fingerprint density at radius 2 is 1.71 bits per heavy atom. The molecule has 9 nitrogen and oxygen atoms in total. The van der Waals surface area contributed by atoms with Gasteiger partial charge in [0.2, 0.25) is 5.91 Å². The van der Waals surface area contributed by atoms with E-state index in [1.807, 2.05) is 45.0 Å². The third-order valence-corrected chi connectivity index (χ3v) is 7.62. The van der Waals surface area contributed by atoms with Crippen molar-refractivity contribution in [2.75, 3.05) is 13.1 Å². The molecule has 2 fully saturated rings. The smallest absolute Gasteiger partial charge is 0.290 e. The molecule has 0 aliphatic carbocycles. The maximum Gasteiger partial charge on any atom is 0.290 e. The molecule has 2 saturated heterocycles. The summed E-state index contributed by atoms with van der Waals surface area (Å²) in [5.41, 5.74) is 1.67. The molecule has 0 radical (unpaired) electrons. The molecule has 6 rings (SSSR count). The number of amides is 3. The lowest BCUT2D eigenvalue weighted by molar-refractivity contribution is -0.138. The van der Waals surface area contributed by atoms with Crippen LogP contribution in [0.4, 0.5) is 4.39 Å². The second-order valence-electron chi connectivity index (χ2n) is 11.3. The second-order valence-corrected chi connectivity index (χ2v) is 11.3. The molecule has 10 heteroatoms. The average Bonchev–Trinajstić information content (AvgIpc) is 3.67. The summed E-state index contributed by atoms with van der Waals surface area (Å²) in [6.07, 6.45) is 0.684. The summed E-state index contributed by atoms with van der Waals surface area (Å²) >= 11 is 0. The number of piperazine rings is 1. The second kappa shape index (κ2) is 8.68. The molecule has 196 valence electrons. The molecule has 2 aromatic carbocycles. The lowest BCUT2D eigenvalue weighted by Crippen LogP contribution is -2.59. The Morgan fingerprint density at radius 1 is 1.00 bits per heavy atom. The number of imidazole rings is 1. The predicted octanol–water partition coefficient (Wildman–Crippen LogP) is 3.45. The van der Waals surface area contributed by atoms with Crippen LogP contribution in [-0.4, -0.2) is 73.7 Å². The Hall–Kier alpha value is -4.21. The normalized spacial score (nSPS) is 19.9. The summed E-state index contributed by atoms with van der Waals surface area (Å²) in [5.74, 6) is -0.953. The number of H-pyrrole nitrogens is 2. The SMILES string of the molecule is CC(C)(C)[C@H](NC(=O)c1cc2c(F)cccc2[nH]1)C(=O)N1C[C@@H]2C[C@H]1CN2C(=O)c1nc2ccccc2[nH]1. The van der Waals surface area contributed by atoms with E-state index in [0.717, 1.165) is 11.0 Å². The van der Waals surface area contributed by atoms with Crippen LogP contribution in [0.2, 0.25) is 0 Å².